The van der Waals surface area contributed by atoms with Gasteiger partial charge in [0.15, 0.2) is 6.10 Å². The van der Waals surface area contributed by atoms with E-state index in [-0.39, 0.29) is 18.4 Å². The van der Waals surface area contributed by atoms with Crippen molar-refractivity contribution in [3.63, 3.8) is 0 Å². The van der Waals surface area contributed by atoms with E-state index in [2.05, 4.69) is 5.32 Å². The first kappa shape index (κ1) is 17.0. The predicted molar refractivity (Wildman–Crippen MR) is 85.9 cm³/mol. The van der Waals surface area contributed by atoms with Crippen LogP contribution in [0.15, 0.2) is 18.2 Å². The lowest BCUT2D eigenvalue weighted by molar-refractivity contribution is -0.155. The number of esters is 1. The Bertz CT molecular complexity index is 607. The maximum Gasteiger partial charge on any atom is 0.326 e. The summed E-state index contributed by atoms with van der Waals surface area (Å²) < 4.78 is 5.13. The van der Waals surface area contributed by atoms with Crippen molar-refractivity contribution in [2.75, 3.05) is 18.4 Å². The van der Waals surface area contributed by atoms with Crippen molar-refractivity contribution in [3.8, 4) is 0 Å². The van der Waals surface area contributed by atoms with Crippen LogP contribution >= 0.6 is 0 Å². The number of benzene rings is 1. The van der Waals surface area contributed by atoms with E-state index in [0.29, 0.717) is 13.0 Å². The summed E-state index contributed by atoms with van der Waals surface area (Å²) in [4.78, 5) is 37.0. The number of hydrogen-bond donors (Lipinski definition) is 1. The molecular formula is C17H22N2O4. The van der Waals surface area contributed by atoms with E-state index in [1.807, 2.05) is 32.0 Å². The molecule has 0 aliphatic carbocycles. The number of nitrogens with one attached hydrogen (secondary N) is 1. The van der Waals surface area contributed by atoms with Crippen LogP contribution in [0.5, 0.6) is 0 Å². The van der Waals surface area contributed by atoms with Crippen LogP contribution in [-0.4, -0.2) is 41.9 Å². The highest BCUT2D eigenvalue weighted by Gasteiger charge is 2.25. The Morgan fingerprint density at radius 1 is 1.30 bits per heavy atom. The number of nitrogens with zero attached hydrogens (tertiary/aromatic N) is 1. The quantitative estimate of drug-likeness (QED) is 0.840. The number of anilines is 1. The van der Waals surface area contributed by atoms with Gasteiger partial charge in [-0.05, 0) is 38.3 Å². The number of hydrogen-bond acceptors (Lipinski definition) is 4. The van der Waals surface area contributed by atoms with Crippen LogP contribution in [-0.2, 0) is 19.1 Å². The normalized spacial score (nSPS) is 15.4. The van der Waals surface area contributed by atoms with Crippen molar-refractivity contribution in [2.24, 2.45) is 0 Å². The van der Waals surface area contributed by atoms with Gasteiger partial charge < -0.3 is 15.0 Å². The fourth-order valence-corrected chi connectivity index (χ4v) is 2.55. The van der Waals surface area contributed by atoms with Gasteiger partial charge in [-0.1, -0.05) is 18.2 Å². The molecule has 1 heterocycles. The summed E-state index contributed by atoms with van der Waals surface area (Å²) in [6.45, 7) is 5.79. The fraction of sp³-hybridized carbons (Fsp3) is 0.471. The molecule has 0 saturated carbocycles. The number of rotatable bonds is 5. The zero-order valence-electron chi connectivity index (χ0n) is 13.7. The molecule has 124 valence electrons. The maximum absolute atomic E-state index is 12.2. The lowest BCUT2D eigenvalue weighted by Gasteiger charge is -2.18. The molecule has 1 saturated heterocycles. The first-order valence-corrected chi connectivity index (χ1v) is 7.73. The van der Waals surface area contributed by atoms with Gasteiger partial charge in [-0.15, -0.1) is 0 Å². The molecule has 1 N–H and O–H groups in total. The summed E-state index contributed by atoms with van der Waals surface area (Å²) in [7, 11) is 0. The van der Waals surface area contributed by atoms with E-state index in [9.17, 15) is 14.4 Å². The Morgan fingerprint density at radius 2 is 1.96 bits per heavy atom. The molecule has 1 aliphatic heterocycles. The first-order chi connectivity index (χ1) is 10.9. The topological polar surface area (TPSA) is 75.7 Å². The van der Waals surface area contributed by atoms with Crippen LogP contribution in [0.25, 0.3) is 0 Å². The number of carbonyl (C=O) groups is 3. The number of para-hydroxylation sites is 1. The molecule has 23 heavy (non-hydrogen) atoms. The second-order valence-electron chi connectivity index (χ2n) is 5.81. The molecule has 1 atom stereocenters. The molecule has 2 rings (SSSR count). The van der Waals surface area contributed by atoms with E-state index in [4.69, 9.17) is 4.74 Å². The smallest absolute Gasteiger partial charge is 0.326 e. The molecule has 2 amide bonds. The summed E-state index contributed by atoms with van der Waals surface area (Å²) in [5.41, 5.74) is 2.62. The maximum atomic E-state index is 12.2. The molecule has 0 spiro atoms. The summed E-state index contributed by atoms with van der Waals surface area (Å²) in [6, 6.07) is 5.72. The van der Waals surface area contributed by atoms with Gasteiger partial charge in [-0.3, -0.25) is 14.4 Å². The van der Waals surface area contributed by atoms with Gasteiger partial charge >= 0.3 is 5.97 Å². The molecule has 0 radical (unpaired) electrons. The molecule has 6 heteroatoms. The summed E-state index contributed by atoms with van der Waals surface area (Å²) in [6.07, 6.45) is 0.309. The average molecular weight is 318 g/mol. The number of carbonyl (C=O) groups excluding carboxylic acids is 3. The molecule has 0 unspecified atom stereocenters. The third-order valence-electron chi connectivity index (χ3n) is 3.90. The Labute approximate surface area is 135 Å². The Hall–Kier alpha value is -2.37. The van der Waals surface area contributed by atoms with Crippen molar-refractivity contribution in [3.05, 3.63) is 29.3 Å². The minimum Gasteiger partial charge on any atom is -0.451 e. The third kappa shape index (κ3) is 4.31. The monoisotopic (exact) mass is 318 g/mol. The van der Waals surface area contributed by atoms with Gasteiger partial charge in [0, 0.05) is 18.7 Å². The zero-order valence-corrected chi connectivity index (χ0v) is 13.7. The summed E-state index contributed by atoms with van der Waals surface area (Å²) >= 11 is 0. The van der Waals surface area contributed by atoms with Gasteiger partial charge in [0.1, 0.15) is 6.54 Å². The molecule has 1 aliphatic rings. The van der Waals surface area contributed by atoms with E-state index in [1.54, 1.807) is 0 Å². The van der Waals surface area contributed by atoms with Crippen LogP contribution in [0.1, 0.15) is 30.9 Å². The van der Waals surface area contributed by atoms with Crippen LogP contribution in [0.4, 0.5) is 5.69 Å². The standard InChI is InChI=1S/C17H22N2O4/c1-11-6-4-7-12(2)16(11)18-17(22)13(3)23-15(21)10-19-9-5-8-14(19)20/h4,6-7,13H,5,8-10H2,1-3H3,(H,18,22)/t13-/m1/s1. The van der Waals surface area contributed by atoms with Crippen molar-refractivity contribution >= 4 is 23.5 Å². The van der Waals surface area contributed by atoms with Gasteiger partial charge in [0.05, 0.1) is 0 Å². The van der Waals surface area contributed by atoms with Gasteiger partial charge in [-0.2, -0.15) is 0 Å². The van der Waals surface area contributed by atoms with E-state index in [1.165, 1.54) is 11.8 Å². The van der Waals surface area contributed by atoms with E-state index in [0.717, 1.165) is 23.2 Å². The van der Waals surface area contributed by atoms with Crippen LogP contribution in [0.2, 0.25) is 0 Å². The summed E-state index contributed by atoms with van der Waals surface area (Å²) in [5, 5.41) is 2.79. The van der Waals surface area contributed by atoms with Gasteiger partial charge in [-0.25, -0.2) is 0 Å². The highest BCUT2D eigenvalue weighted by atomic mass is 16.5. The zero-order chi connectivity index (χ0) is 17.0. The number of aryl methyl sites for hydroxylation is 2. The lowest BCUT2D eigenvalue weighted by atomic mass is 10.1. The van der Waals surface area contributed by atoms with Crippen LogP contribution < -0.4 is 5.32 Å². The van der Waals surface area contributed by atoms with Crippen molar-refractivity contribution in [1.29, 1.82) is 0 Å². The predicted octanol–water partition coefficient (Wildman–Crippen LogP) is 1.80. The molecule has 0 bridgehead atoms. The van der Waals surface area contributed by atoms with Gasteiger partial charge in [0.2, 0.25) is 5.91 Å². The number of likely N-dealkylation sites (tertiary alicyclic amines) is 1. The fourth-order valence-electron chi connectivity index (χ4n) is 2.55. The summed E-state index contributed by atoms with van der Waals surface area (Å²) in [5.74, 6) is -0.998. The van der Waals surface area contributed by atoms with Crippen molar-refractivity contribution in [2.45, 2.75) is 39.7 Å². The Morgan fingerprint density at radius 3 is 2.52 bits per heavy atom. The molecule has 1 aromatic carbocycles. The highest BCUT2D eigenvalue weighted by molar-refractivity contribution is 5.96. The molecule has 0 aromatic heterocycles. The number of amides is 2. The van der Waals surface area contributed by atoms with Crippen LogP contribution in [0, 0.1) is 13.8 Å². The van der Waals surface area contributed by atoms with E-state index >= 15 is 0 Å². The Kier molecular flexibility index (Phi) is 5.36. The van der Waals surface area contributed by atoms with Crippen molar-refractivity contribution < 1.29 is 19.1 Å². The lowest BCUT2D eigenvalue weighted by Crippen LogP contribution is -2.36. The molecular weight excluding hydrogens is 296 g/mol. The Balaban J connectivity index is 1.89. The average Bonchev–Trinajstić information content (AvgIpc) is 2.88. The SMILES string of the molecule is Cc1cccc(C)c1NC(=O)[C@@H](C)OC(=O)CN1CCCC1=O. The molecule has 1 fully saturated rings. The minimum absolute atomic E-state index is 0.0467. The van der Waals surface area contributed by atoms with E-state index < -0.39 is 12.1 Å². The first-order valence-electron chi connectivity index (χ1n) is 7.73. The highest BCUT2D eigenvalue weighted by Crippen LogP contribution is 2.19. The second kappa shape index (κ2) is 7.26. The largest absolute Gasteiger partial charge is 0.451 e. The second-order valence-corrected chi connectivity index (χ2v) is 5.81. The van der Waals surface area contributed by atoms with Gasteiger partial charge in [0.25, 0.3) is 5.91 Å². The third-order valence-corrected chi connectivity index (χ3v) is 3.90. The minimum atomic E-state index is -0.917. The molecule has 6 nitrogen and oxygen atoms in total. The number of ether oxygens (including phenoxy) is 1. The molecule has 1 aromatic rings. The van der Waals surface area contributed by atoms with Crippen LogP contribution in [0.3, 0.4) is 0 Å². The van der Waals surface area contributed by atoms with Crippen molar-refractivity contribution in [1.82, 2.24) is 4.90 Å².